The first-order valence-electron chi connectivity index (χ1n) is 10.7. The molecule has 0 amide bonds. The van der Waals surface area contributed by atoms with Crippen LogP contribution < -0.4 is 18.9 Å². The Morgan fingerprint density at radius 1 is 1.09 bits per heavy atom. The Balaban J connectivity index is 1.33. The molecule has 0 bridgehead atoms. The molecule has 3 aromatic rings. The van der Waals surface area contributed by atoms with E-state index in [2.05, 4.69) is 9.88 Å². The molecule has 0 saturated heterocycles. The molecule has 0 saturated carbocycles. The predicted molar refractivity (Wildman–Crippen MR) is 123 cm³/mol. The number of pyridine rings is 1. The molecule has 0 radical (unpaired) electrons. The molecule has 0 fully saturated rings. The second-order valence-electron chi connectivity index (χ2n) is 7.88. The highest BCUT2D eigenvalue weighted by molar-refractivity contribution is 6.14. The van der Waals surface area contributed by atoms with Crippen molar-refractivity contribution in [1.82, 2.24) is 9.88 Å². The number of allylic oxidation sites excluding steroid dienone is 1. The summed E-state index contributed by atoms with van der Waals surface area (Å²) in [5.74, 6) is 2.90. The molecular weight excluding hydrogens is 420 g/mol. The second kappa shape index (κ2) is 8.96. The van der Waals surface area contributed by atoms with Crippen LogP contribution in [0.15, 0.2) is 60.5 Å². The van der Waals surface area contributed by atoms with Crippen LogP contribution in [0, 0.1) is 0 Å². The van der Waals surface area contributed by atoms with Gasteiger partial charge in [0.1, 0.15) is 18.2 Å². The molecule has 7 heteroatoms. The van der Waals surface area contributed by atoms with Crippen LogP contribution in [-0.2, 0) is 13.0 Å². The fourth-order valence-corrected chi connectivity index (χ4v) is 4.07. The van der Waals surface area contributed by atoms with Crippen LogP contribution in [0.4, 0.5) is 0 Å². The molecule has 168 valence electrons. The van der Waals surface area contributed by atoms with Gasteiger partial charge < -0.3 is 18.9 Å². The van der Waals surface area contributed by atoms with Gasteiger partial charge in [-0.05, 0) is 48.4 Å². The predicted octanol–water partition coefficient (Wildman–Crippen LogP) is 4.11. The number of ketones is 1. The molecule has 1 aromatic heterocycles. The van der Waals surface area contributed by atoms with Gasteiger partial charge in [-0.3, -0.25) is 14.7 Å². The monoisotopic (exact) mass is 444 g/mol. The molecule has 0 N–H and O–H groups in total. The van der Waals surface area contributed by atoms with Crippen LogP contribution in [0.1, 0.15) is 27.2 Å². The first-order valence-corrected chi connectivity index (χ1v) is 10.7. The number of carbonyl (C=O) groups is 1. The van der Waals surface area contributed by atoms with Gasteiger partial charge in [-0.1, -0.05) is 12.1 Å². The van der Waals surface area contributed by atoms with Crippen LogP contribution >= 0.6 is 0 Å². The minimum atomic E-state index is -0.138. The number of fused-ring (bicyclic) bond motifs is 3. The summed E-state index contributed by atoms with van der Waals surface area (Å²) in [6, 6.07) is 15.1. The van der Waals surface area contributed by atoms with E-state index in [4.69, 9.17) is 18.9 Å². The highest BCUT2D eigenvalue weighted by Crippen LogP contribution is 2.42. The van der Waals surface area contributed by atoms with Crippen LogP contribution in [0.3, 0.4) is 0 Å². The maximum Gasteiger partial charge on any atom is 0.232 e. The fraction of sp³-hybridized carbons (Fsp3) is 0.231. The molecular formula is C26H24N2O5. The highest BCUT2D eigenvalue weighted by atomic mass is 16.5. The van der Waals surface area contributed by atoms with E-state index in [-0.39, 0.29) is 11.5 Å². The van der Waals surface area contributed by atoms with Crippen molar-refractivity contribution >= 4 is 11.9 Å². The SMILES string of the molecule is COc1ccc(CCN2COc3ccc4c(c3C2)O/C(=C\c2ccccn2)C4=O)cc1OC. The number of rotatable bonds is 6. The molecule has 7 nitrogen and oxygen atoms in total. The summed E-state index contributed by atoms with van der Waals surface area (Å²) in [4.78, 5) is 19.3. The Kier molecular flexibility index (Phi) is 5.71. The molecule has 2 aromatic carbocycles. The summed E-state index contributed by atoms with van der Waals surface area (Å²) in [5.41, 5.74) is 3.27. The van der Waals surface area contributed by atoms with Crippen LogP contribution in [0.25, 0.3) is 6.08 Å². The molecule has 5 rings (SSSR count). The van der Waals surface area contributed by atoms with E-state index in [0.29, 0.717) is 41.8 Å². The average Bonchev–Trinajstić information content (AvgIpc) is 3.18. The van der Waals surface area contributed by atoms with Crippen LogP contribution in [0.2, 0.25) is 0 Å². The maximum absolute atomic E-state index is 12.9. The van der Waals surface area contributed by atoms with Crippen molar-refractivity contribution in [2.75, 3.05) is 27.5 Å². The first-order chi connectivity index (χ1) is 16.2. The van der Waals surface area contributed by atoms with Crippen molar-refractivity contribution < 1.29 is 23.7 Å². The Labute approximate surface area is 192 Å². The molecule has 2 aliphatic rings. The quantitative estimate of drug-likeness (QED) is 0.530. The van der Waals surface area contributed by atoms with E-state index < -0.39 is 0 Å². The topological polar surface area (TPSA) is 70.1 Å². The molecule has 0 unspecified atom stereocenters. The van der Waals surface area contributed by atoms with E-state index in [1.807, 2.05) is 42.5 Å². The summed E-state index contributed by atoms with van der Waals surface area (Å²) < 4.78 is 22.7. The summed E-state index contributed by atoms with van der Waals surface area (Å²) >= 11 is 0. The third-order valence-corrected chi connectivity index (χ3v) is 5.81. The van der Waals surface area contributed by atoms with Crippen molar-refractivity contribution in [3.8, 4) is 23.0 Å². The Bertz CT molecular complexity index is 1220. The van der Waals surface area contributed by atoms with E-state index in [1.165, 1.54) is 0 Å². The van der Waals surface area contributed by atoms with Gasteiger partial charge in [0.25, 0.3) is 0 Å². The van der Waals surface area contributed by atoms with Crippen molar-refractivity contribution in [2.45, 2.75) is 13.0 Å². The lowest BCUT2D eigenvalue weighted by Crippen LogP contribution is -2.33. The second-order valence-corrected chi connectivity index (χ2v) is 7.88. The fourth-order valence-electron chi connectivity index (χ4n) is 4.07. The summed E-state index contributed by atoms with van der Waals surface area (Å²) in [6.45, 7) is 1.89. The molecule has 3 heterocycles. The third kappa shape index (κ3) is 4.15. The zero-order valence-corrected chi connectivity index (χ0v) is 18.5. The van der Waals surface area contributed by atoms with E-state index in [1.54, 1.807) is 32.6 Å². The minimum absolute atomic E-state index is 0.138. The lowest BCUT2D eigenvalue weighted by Gasteiger charge is -2.29. The van der Waals surface area contributed by atoms with Crippen molar-refractivity contribution in [3.63, 3.8) is 0 Å². The Morgan fingerprint density at radius 3 is 2.76 bits per heavy atom. The number of hydrogen-bond donors (Lipinski definition) is 0. The van der Waals surface area contributed by atoms with Gasteiger partial charge >= 0.3 is 0 Å². The number of carbonyl (C=O) groups excluding carboxylic acids is 1. The number of hydrogen-bond acceptors (Lipinski definition) is 7. The number of ether oxygens (including phenoxy) is 4. The molecule has 0 atom stereocenters. The lowest BCUT2D eigenvalue weighted by atomic mass is 10.0. The number of Topliss-reactive ketones (excluding diaryl/α,β-unsaturated/α-hetero) is 1. The standard InChI is InChI=1S/C26H24N2O5/c1-30-22-8-6-17(13-23(22)31-2)10-12-28-15-20-21(32-16-28)9-7-19-25(29)24(33-26(19)20)14-18-5-3-4-11-27-18/h3-9,11,13-14H,10,12,15-16H2,1-2H3/b24-14-. The van der Waals surface area contributed by atoms with Crippen molar-refractivity contribution in [2.24, 2.45) is 0 Å². The molecule has 0 aliphatic carbocycles. The number of nitrogens with zero attached hydrogens (tertiary/aromatic N) is 2. The Morgan fingerprint density at radius 2 is 1.97 bits per heavy atom. The molecule has 33 heavy (non-hydrogen) atoms. The molecule has 2 aliphatic heterocycles. The zero-order chi connectivity index (χ0) is 22.8. The van der Waals surface area contributed by atoms with Crippen molar-refractivity contribution in [3.05, 3.63) is 82.9 Å². The van der Waals surface area contributed by atoms with Gasteiger partial charge in [0.15, 0.2) is 17.3 Å². The largest absolute Gasteiger partial charge is 0.493 e. The third-order valence-electron chi connectivity index (χ3n) is 5.81. The van der Waals surface area contributed by atoms with E-state index >= 15 is 0 Å². The van der Waals surface area contributed by atoms with E-state index in [0.717, 1.165) is 29.8 Å². The summed E-state index contributed by atoms with van der Waals surface area (Å²) in [7, 11) is 3.26. The van der Waals surface area contributed by atoms with Gasteiger partial charge in [-0.15, -0.1) is 0 Å². The van der Waals surface area contributed by atoms with E-state index in [9.17, 15) is 4.79 Å². The van der Waals surface area contributed by atoms with Crippen molar-refractivity contribution in [1.29, 1.82) is 0 Å². The number of benzene rings is 2. The molecule has 0 spiro atoms. The van der Waals surface area contributed by atoms with Gasteiger partial charge in [-0.25, -0.2) is 0 Å². The van der Waals surface area contributed by atoms with Gasteiger partial charge in [0.05, 0.1) is 31.0 Å². The minimum Gasteiger partial charge on any atom is -0.493 e. The zero-order valence-electron chi connectivity index (χ0n) is 18.5. The number of aromatic nitrogens is 1. The van der Waals surface area contributed by atoms with Gasteiger partial charge in [0.2, 0.25) is 5.78 Å². The lowest BCUT2D eigenvalue weighted by molar-refractivity contribution is 0.0949. The first kappa shape index (κ1) is 21.0. The summed E-state index contributed by atoms with van der Waals surface area (Å²) in [5, 5.41) is 0. The van der Waals surface area contributed by atoms with Crippen LogP contribution in [-0.4, -0.2) is 43.2 Å². The smallest absolute Gasteiger partial charge is 0.232 e. The summed E-state index contributed by atoms with van der Waals surface area (Å²) in [6.07, 6.45) is 4.18. The maximum atomic E-state index is 12.9. The van der Waals surface area contributed by atoms with Crippen LogP contribution in [0.5, 0.6) is 23.0 Å². The van der Waals surface area contributed by atoms with Gasteiger partial charge in [-0.2, -0.15) is 0 Å². The Hall–Kier alpha value is -3.84. The number of methoxy groups -OCH3 is 2. The highest BCUT2D eigenvalue weighted by Gasteiger charge is 2.33. The normalized spacial score (nSPS) is 16.1. The van der Waals surface area contributed by atoms with Gasteiger partial charge in [0, 0.05) is 25.4 Å². The average molecular weight is 444 g/mol.